The number of nitrogens with one attached hydrogen (secondary N) is 2. The lowest BCUT2D eigenvalue weighted by molar-refractivity contribution is 0.102. The van der Waals surface area contributed by atoms with E-state index in [1.165, 1.54) is 6.33 Å². The number of ether oxygens (including phenoxy) is 1. The van der Waals surface area contributed by atoms with Gasteiger partial charge in [-0.05, 0) is 67.7 Å². The molecule has 1 aliphatic heterocycles. The van der Waals surface area contributed by atoms with Gasteiger partial charge in [-0.3, -0.25) is 4.79 Å². The quantitative estimate of drug-likeness (QED) is 0.378. The second-order valence-corrected chi connectivity index (χ2v) is 8.98. The zero-order valence-electron chi connectivity index (χ0n) is 21.0. The van der Waals surface area contributed by atoms with Gasteiger partial charge in [0.1, 0.15) is 17.9 Å². The molecule has 1 fully saturated rings. The molecular formula is C29H30N6O2. The summed E-state index contributed by atoms with van der Waals surface area (Å²) in [5.41, 5.74) is 5.00. The highest BCUT2D eigenvalue weighted by atomic mass is 16.5. The first kappa shape index (κ1) is 24.3. The number of benzene rings is 3. The molecule has 8 heteroatoms. The van der Waals surface area contributed by atoms with Crippen LogP contribution in [0.25, 0.3) is 11.3 Å². The van der Waals surface area contributed by atoms with Crippen LogP contribution in [-0.4, -0.2) is 61.1 Å². The number of para-hydroxylation sites is 1. The molecule has 0 unspecified atom stereocenters. The first-order valence-corrected chi connectivity index (χ1v) is 12.3. The van der Waals surface area contributed by atoms with E-state index in [1.807, 2.05) is 78.9 Å². The summed E-state index contributed by atoms with van der Waals surface area (Å²) in [5.74, 6) is 1.28. The Balaban J connectivity index is 1.20. The summed E-state index contributed by atoms with van der Waals surface area (Å²) in [4.78, 5) is 26.2. The number of likely N-dealkylation sites (N-methyl/N-ethyl adjacent to an activating group) is 1. The highest BCUT2D eigenvalue weighted by Gasteiger charge is 2.15. The smallest absolute Gasteiger partial charge is 0.255 e. The molecule has 1 amide bonds. The lowest BCUT2D eigenvalue weighted by Crippen LogP contribution is -2.44. The summed E-state index contributed by atoms with van der Waals surface area (Å²) in [6.07, 6.45) is 1.52. The molecule has 4 aromatic rings. The van der Waals surface area contributed by atoms with E-state index in [0.29, 0.717) is 11.4 Å². The van der Waals surface area contributed by atoms with Gasteiger partial charge in [-0.1, -0.05) is 12.1 Å². The molecule has 5 rings (SSSR count). The number of amides is 1. The molecule has 2 N–H and O–H groups in total. The average molecular weight is 495 g/mol. The van der Waals surface area contributed by atoms with Crippen molar-refractivity contribution in [1.82, 2.24) is 14.9 Å². The summed E-state index contributed by atoms with van der Waals surface area (Å²) in [7, 11) is 3.78. The molecule has 2 heterocycles. The number of hydrogen-bond acceptors (Lipinski definition) is 7. The monoisotopic (exact) mass is 494 g/mol. The first-order valence-electron chi connectivity index (χ1n) is 12.3. The number of methoxy groups -OCH3 is 1. The highest BCUT2D eigenvalue weighted by Crippen LogP contribution is 2.29. The lowest BCUT2D eigenvalue weighted by Gasteiger charge is -2.34. The van der Waals surface area contributed by atoms with Crippen molar-refractivity contribution in [2.75, 3.05) is 55.9 Å². The van der Waals surface area contributed by atoms with E-state index >= 15 is 0 Å². The van der Waals surface area contributed by atoms with Crippen molar-refractivity contribution >= 4 is 28.8 Å². The fourth-order valence-corrected chi connectivity index (χ4v) is 4.31. The number of piperazine rings is 1. The number of anilines is 4. The third-order valence-electron chi connectivity index (χ3n) is 6.46. The van der Waals surface area contributed by atoms with Gasteiger partial charge in [0.05, 0.1) is 12.8 Å². The zero-order valence-corrected chi connectivity index (χ0v) is 21.0. The number of rotatable bonds is 7. The van der Waals surface area contributed by atoms with E-state index in [1.54, 1.807) is 7.11 Å². The molecule has 0 saturated carbocycles. The van der Waals surface area contributed by atoms with Crippen molar-refractivity contribution in [1.29, 1.82) is 0 Å². The fraction of sp³-hybridized carbons (Fsp3) is 0.207. The number of nitrogens with zero attached hydrogens (tertiary/aromatic N) is 4. The molecule has 0 bridgehead atoms. The van der Waals surface area contributed by atoms with Crippen LogP contribution in [0.3, 0.4) is 0 Å². The summed E-state index contributed by atoms with van der Waals surface area (Å²) in [5, 5.41) is 6.26. The molecule has 0 aliphatic carbocycles. The Morgan fingerprint density at radius 2 is 1.57 bits per heavy atom. The number of carbonyl (C=O) groups excluding carboxylic acids is 1. The molecule has 37 heavy (non-hydrogen) atoms. The van der Waals surface area contributed by atoms with Crippen LogP contribution >= 0.6 is 0 Å². The molecule has 3 aromatic carbocycles. The van der Waals surface area contributed by atoms with E-state index in [4.69, 9.17) is 4.74 Å². The van der Waals surface area contributed by atoms with E-state index in [-0.39, 0.29) is 5.91 Å². The summed E-state index contributed by atoms with van der Waals surface area (Å²) in [6, 6.07) is 24.9. The Morgan fingerprint density at radius 3 is 2.30 bits per heavy atom. The van der Waals surface area contributed by atoms with Gasteiger partial charge in [-0.15, -0.1) is 0 Å². The maximum Gasteiger partial charge on any atom is 0.255 e. The first-order chi connectivity index (χ1) is 18.1. The van der Waals surface area contributed by atoms with Gasteiger partial charge in [-0.2, -0.15) is 0 Å². The van der Waals surface area contributed by atoms with Gasteiger partial charge in [0, 0.05) is 60.4 Å². The summed E-state index contributed by atoms with van der Waals surface area (Å²) < 4.78 is 5.45. The minimum atomic E-state index is -0.136. The molecule has 1 aromatic heterocycles. The Morgan fingerprint density at radius 1 is 0.865 bits per heavy atom. The molecule has 0 spiro atoms. The van der Waals surface area contributed by atoms with Crippen LogP contribution in [0, 0.1) is 0 Å². The molecule has 0 atom stereocenters. The summed E-state index contributed by atoms with van der Waals surface area (Å²) >= 11 is 0. The van der Waals surface area contributed by atoms with E-state index in [2.05, 4.69) is 37.4 Å². The third-order valence-corrected chi connectivity index (χ3v) is 6.46. The molecule has 8 nitrogen and oxygen atoms in total. The molecule has 1 saturated heterocycles. The van der Waals surface area contributed by atoms with Crippen LogP contribution in [0.15, 0.2) is 85.2 Å². The van der Waals surface area contributed by atoms with Crippen LogP contribution in [0.5, 0.6) is 5.75 Å². The van der Waals surface area contributed by atoms with Crippen molar-refractivity contribution in [2.24, 2.45) is 0 Å². The van der Waals surface area contributed by atoms with Crippen LogP contribution in [-0.2, 0) is 0 Å². The Labute approximate surface area is 216 Å². The predicted octanol–water partition coefficient (Wildman–Crippen LogP) is 4.90. The van der Waals surface area contributed by atoms with E-state index in [9.17, 15) is 4.79 Å². The van der Waals surface area contributed by atoms with Crippen LogP contribution in [0.2, 0.25) is 0 Å². The summed E-state index contributed by atoms with van der Waals surface area (Å²) in [6.45, 7) is 4.10. The number of carbonyl (C=O) groups is 1. The van der Waals surface area contributed by atoms with Crippen LogP contribution in [0.4, 0.5) is 22.9 Å². The van der Waals surface area contributed by atoms with Gasteiger partial charge in [-0.25, -0.2) is 9.97 Å². The normalized spacial score (nSPS) is 13.7. The van der Waals surface area contributed by atoms with Crippen molar-refractivity contribution in [3.63, 3.8) is 0 Å². The van der Waals surface area contributed by atoms with Crippen LogP contribution < -0.4 is 20.3 Å². The Bertz CT molecular complexity index is 1350. The largest absolute Gasteiger partial charge is 0.496 e. The third kappa shape index (κ3) is 5.87. The number of aromatic nitrogens is 2. The van der Waals surface area contributed by atoms with Gasteiger partial charge < -0.3 is 25.2 Å². The molecular weight excluding hydrogens is 464 g/mol. The van der Waals surface area contributed by atoms with Crippen molar-refractivity contribution in [3.05, 3.63) is 90.8 Å². The number of hydrogen-bond donors (Lipinski definition) is 2. The Kier molecular flexibility index (Phi) is 7.28. The minimum Gasteiger partial charge on any atom is -0.496 e. The van der Waals surface area contributed by atoms with Crippen molar-refractivity contribution in [2.45, 2.75) is 0 Å². The maximum absolute atomic E-state index is 12.8. The molecule has 1 aliphatic rings. The van der Waals surface area contributed by atoms with Gasteiger partial charge in [0.25, 0.3) is 5.91 Å². The molecule has 188 valence electrons. The highest BCUT2D eigenvalue weighted by molar-refractivity contribution is 6.04. The fourth-order valence-electron chi connectivity index (χ4n) is 4.31. The average Bonchev–Trinajstić information content (AvgIpc) is 2.95. The second kappa shape index (κ2) is 11.1. The second-order valence-electron chi connectivity index (χ2n) is 8.98. The van der Waals surface area contributed by atoms with Crippen molar-refractivity contribution < 1.29 is 9.53 Å². The SMILES string of the molecule is COc1ccccc1-c1cc(Nc2ccc(NC(=O)c3ccc(N4CCN(C)CC4)cc3)cc2)ncn1. The van der Waals surface area contributed by atoms with Gasteiger partial charge in [0.2, 0.25) is 0 Å². The minimum absolute atomic E-state index is 0.136. The Hall–Kier alpha value is -4.43. The van der Waals surface area contributed by atoms with Gasteiger partial charge in [0.15, 0.2) is 0 Å². The van der Waals surface area contributed by atoms with E-state index < -0.39 is 0 Å². The maximum atomic E-state index is 12.8. The standard InChI is InChI=1S/C29H30N6O2/c1-34-15-17-35(18-16-34)24-13-7-21(8-14-24)29(36)33-23-11-9-22(10-12-23)32-28-19-26(30-20-31-28)25-5-3-4-6-27(25)37-2/h3-14,19-20H,15-18H2,1-2H3,(H,33,36)(H,30,31,32). The van der Waals surface area contributed by atoms with Crippen molar-refractivity contribution in [3.8, 4) is 17.0 Å². The topological polar surface area (TPSA) is 82.6 Å². The van der Waals surface area contributed by atoms with E-state index in [0.717, 1.165) is 60.2 Å². The van der Waals surface area contributed by atoms with Gasteiger partial charge >= 0.3 is 0 Å². The van der Waals surface area contributed by atoms with Crippen LogP contribution in [0.1, 0.15) is 10.4 Å². The zero-order chi connectivity index (χ0) is 25.6. The molecule has 0 radical (unpaired) electrons. The predicted molar refractivity (Wildman–Crippen MR) is 148 cm³/mol. The lowest BCUT2D eigenvalue weighted by atomic mass is 10.1.